The average molecular weight is 303 g/mol. The summed E-state index contributed by atoms with van der Waals surface area (Å²) in [4.78, 5) is 4.37. The van der Waals surface area contributed by atoms with Crippen molar-refractivity contribution in [3.05, 3.63) is 47.7 Å². The number of nitrogens with zero attached hydrogens (tertiary/aromatic N) is 1. The lowest BCUT2D eigenvalue weighted by Gasteiger charge is -2.19. The zero-order valence-electron chi connectivity index (χ0n) is 12.3. The van der Waals surface area contributed by atoms with Crippen LogP contribution >= 0.6 is 0 Å². The summed E-state index contributed by atoms with van der Waals surface area (Å²) in [5.74, 6) is 0.787. The Bertz CT molecular complexity index is 805. The van der Waals surface area contributed by atoms with Gasteiger partial charge in [-0.2, -0.15) is 0 Å². The van der Waals surface area contributed by atoms with Gasteiger partial charge in [0.1, 0.15) is 5.75 Å². The number of ether oxygens (including phenoxy) is 1. The summed E-state index contributed by atoms with van der Waals surface area (Å²) in [6.07, 6.45) is 0. The first-order valence-electron chi connectivity index (χ1n) is 6.77. The minimum absolute atomic E-state index is 0.0334. The van der Waals surface area contributed by atoms with Gasteiger partial charge in [-0.25, -0.2) is 13.4 Å². The second-order valence-electron chi connectivity index (χ2n) is 6.22. The minimum atomic E-state index is -3.51. The van der Waals surface area contributed by atoms with Gasteiger partial charge in [-0.3, -0.25) is 0 Å². The van der Waals surface area contributed by atoms with Gasteiger partial charge >= 0.3 is 0 Å². The highest BCUT2D eigenvalue weighted by Gasteiger charge is 2.30. The molecule has 0 saturated carbocycles. The summed E-state index contributed by atoms with van der Waals surface area (Å²) in [7, 11) is -3.51. The predicted molar refractivity (Wildman–Crippen MR) is 80.3 cm³/mol. The molecular weight excluding hydrogens is 286 g/mol. The van der Waals surface area contributed by atoms with Gasteiger partial charge in [-0.15, -0.1) is 0 Å². The third-order valence-corrected chi connectivity index (χ3v) is 5.00. The van der Waals surface area contributed by atoms with Crippen LogP contribution in [-0.2, 0) is 21.0 Å². The molecule has 110 valence electrons. The maximum Gasteiger partial charge on any atom is 0.203 e. The van der Waals surface area contributed by atoms with Gasteiger partial charge in [0.25, 0.3) is 0 Å². The molecule has 0 amide bonds. The molecule has 3 rings (SSSR count). The van der Waals surface area contributed by atoms with Crippen LogP contribution < -0.4 is 4.74 Å². The second-order valence-corrected chi connectivity index (χ2v) is 8.12. The Morgan fingerprint density at radius 3 is 2.48 bits per heavy atom. The van der Waals surface area contributed by atoms with Gasteiger partial charge in [0, 0.05) is 16.7 Å². The van der Waals surface area contributed by atoms with Crippen LogP contribution in [0.5, 0.6) is 11.5 Å². The first kappa shape index (κ1) is 14.1. The Hall–Kier alpha value is -1.88. The van der Waals surface area contributed by atoms with E-state index in [-0.39, 0.29) is 16.2 Å². The molecule has 0 spiro atoms. The number of benzene rings is 1. The van der Waals surface area contributed by atoms with Crippen LogP contribution in [0.1, 0.15) is 32.0 Å². The van der Waals surface area contributed by atoms with Gasteiger partial charge in [-0.1, -0.05) is 39.0 Å². The molecule has 4 nitrogen and oxygen atoms in total. The van der Waals surface area contributed by atoms with Crippen LogP contribution in [0.3, 0.4) is 0 Å². The SMILES string of the molecule is CC(C)(C)c1ccc2c(n1)S(=O)(=O)Cc1ccccc1O2. The van der Waals surface area contributed by atoms with E-state index in [2.05, 4.69) is 4.98 Å². The van der Waals surface area contributed by atoms with E-state index in [4.69, 9.17) is 4.74 Å². The molecule has 0 radical (unpaired) electrons. The number of fused-ring (bicyclic) bond motifs is 2. The number of rotatable bonds is 0. The van der Waals surface area contributed by atoms with Gasteiger partial charge < -0.3 is 4.74 Å². The zero-order valence-corrected chi connectivity index (χ0v) is 13.1. The molecule has 21 heavy (non-hydrogen) atoms. The lowest BCUT2D eigenvalue weighted by atomic mass is 9.92. The number of para-hydroxylation sites is 1. The third-order valence-electron chi connectivity index (χ3n) is 3.43. The van der Waals surface area contributed by atoms with E-state index in [9.17, 15) is 8.42 Å². The molecular formula is C16H17NO3S. The molecule has 0 saturated heterocycles. The quantitative estimate of drug-likeness (QED) is 0.748. The van der Waals surface area contributed by atoms with E-state index < -0.39 is 9.84 Å². The standard InChI is InChI=1S/C16H17NO3S/c1-16(2,3)14-9-8-13-15(17-14)21(18,19)10-11-6-4-5-7-12(11)20-13/h4-9H,10H2,1-3H3. The highest BCUT2D eigenvalue weighted by Crippen LogP contribution is 2.37. The summed E-state index contributed by atoms with van der Waals surface area (Å²) in [5, 5.41) is 0.0334. The smallest absolute Gasteiger partial charge is 0.203 e. The second kappa shape index (κ2) is 4.56. The van der Waals surface area contributed by atoms with E-state index in [0.29, 0.717) is 17.1 Å². The molecule has 2 aromatic rings. The number of sulfone groups is 1. The van der Waals surface area contributed by atoms with E-state index in [0.717, 1.165) is 5.69 Å². The van der Waals surface area contributed by atoms with Crippen molar-refractivity contribution >= 4 is 9.84 Å². The van der Waals surface area contributed by atoms with E-state index in [1.54, 1.807) is 18.2 Å². The van der Waals surface area contributed by atoms with Crippen molar-refractivity contribution in [1.82, 2.24) is 4.98 Å². The molecule has 1 aromatic heterocycles. The van der Waals surface area contributed by atoms with Crippen molar-refractivity contribution < 1.29 is 13.2 Å². The molecule has 0 bridgehead atoms. The van der Waals surface area contributed by atoms with Crippen LogP contribution in [-0.4, -0.2) is 13.4 Å². The third kappa shape index (κ3) is 2.53. The van der Waals surface area contributed by atoms with Crippen molar-refractivity contribution in [3.63, 3.8) is 0 Å². The Labute approximate surface area is 124 Å². The molecule has 1 aliphatic rings. The van der Waals surface area contributed by atoms with Crippen molar-refractivity contribution in [2.45, 2.75) is 37.0 Å². The largest absolute Gasteiger partial charge is 0.454 e. The van der Waals surface area contributed by atoms with Gasteiger partial charge in [0.05, 0.1) is 5.75 Å². The molecule has 0 fully saturated rings. The highest BCUT2D eigenvalue weighted by atomic mass is 32.2. The maximum absolute atomic E-state index is 12.6. The minimum Gasteiger partial charge on any atom is -0.454 e. The Morgan fingerprint density at radius 1 is 1.05 bits per heavy atom. The van der Waals surface area contributed by atoms with Crippen LogP contribution in [0.4, 0.5) is 0 Å². The molecule has 1 aliphatic heterocycles. The van der Waals surface area contributed by atoms with E-state index in [1.807, 2.05) is 39.0 Å². The first-order chi connectivity index (χ1) is 9.77. The predicted octanol–water partition coefficient (Wildman–Crippen LogP) is 3.46. The van der Waals surface area contributed by atoms with E-state index >= 15 is 0 Å². The van der Waals surface area contributed by atoms with Crippen molar-refractivity contribution in [2.24, 2.45) is 0 Å². The summed E-state index contributed by atoms with van der Waals surface area (Å²) in [5.41, 5.74) is 1.18. The number of hydrogen-bond acceptors (Lipinski definition) is 4. The zero-order chi connectivity index (χ0) is 15.3. The van der Waals surface area contributed by atoms with Crippen LogP contribution in [0, 0.1) is 0 Å². The number of pyridine rings is 1. The van der Waals surface area contributed by atoms with Gasteiger partial charge in [-0.05, 0) is 18.2 Å². The number of hydrogen-bond donors (Lipinski definition) is 0. The fraction of sp³-hybridized carbons (Fsp3) is 0.312. The summed E-state index contributed by atoms with van der Waals surface area (Å²) in [6.45, 7) is 6.00. The van der Waals surface area contributed by atoms with Crippen molar-refractivity contribution in [2.75, 3.05) is 0 Å². The fourth-order valence-electron chi connectivity index (χ4n) is 2.26. The average Bonchev–Trinajstić information content (AvgIpc) is 2.50. The molecule has 5 heteroatoms. The van der Waals surface area contributed by atoms with Gasteiger partial charge in [0.2, 0.25) is 9.84 Å². The molecule has 0 aliphatic carbocycles. The normalized spacial score (nSPS) is 16.3. The van der Waals surface area contributed by atoms with E-state index in [1.165, 1.54) is 0 Å². The Morgan fingerprint density at radius 2 is 1.76 bits per heavy atom. The fourth-order valence-corrected chi connectivity index (χ4v) is 3.70. The summed E-state index contributed by atoms with van der Waals surface area (Å²) in [6, 6.07) is 10.7. The van der Waals surface area contributed by atoms with Crippen LogP contribution in [0.25, 0.3) is 0 Å². The monoisotopic (exact) mass is 303 g/mol. The molecule has 0 atom stereocenters. The van der Waals surface area contributed by atoms with Crippen LogP contribution in [0.15, 0.2) is 41.4 Å². The Kier molecular flexibility index (Phi) is 3.06. The van der Waals surface area contributed by atoms with Crippen molar-refractivity contribution in [3.8, 4) is 11.5 Å². The molecule has 1 aromatic carbocycles. The maximum atomic E-state index is 12.6. The van der Waals surface area contributed by atoms with Crippen LogP contribution in [0.2, 0.25) is 0 Å². The Balaban J connectivity index is 2.21. The van der Waals surface area contributed by atoms with Gasteiger partial charge in [0.15, 0.2) is 10.8 Å². The van der Waals surface area contributed by atoms with Crippen molar-refractivity contribution in [1.29, 1.82) is 0 Å². The molecule has 0 unspecified atom stereocenters. The topological polar surface area (TPSA) is 56.3 Å². The molecule has 2 heterocycles. The molecule has 0 N–H and O–H groups in total. The lowest BCUT2D eigenvalue weighted by Crippen LogP contribution is -2.16. The summed E-state index contributed by atoms with van der Waals surface area (Å²) >= 11 is 0. The number of aromatic nitrogens is 1. The first-order valence-corrected chi connectivity index (χ1v) is 8.43. The summed E-state index contributed by atoms with van der Waals surface area (Å²) < 4.78 is 30.9. The highest BCUT2D eigenvalue weighted by molar-refractivity contribution is 7.90. The lowest BCUT2D eigenvalue weighted by molar-refractivity contribution is 0.457.